The van der Waals surface area contributed by atoms with E-state index in [1.165, 1.54) is 6.42 Å². The zero-order valence-electron chi connectivity index (χ0n) is 13.9. The van der Waals surface area contributed by atoms with Crippen LogP contribution >= 0.6 is 9.24 Å². The second kappa shape index (κ2) is 4.84. The van der Waals surface area contributed by atoms with Crippen molar-refractivity contribution in [1.29, 1.82) is 0 Å². The molecule has 0 rings (SSSR count). The summed E-state index contributed by atoms with van der Waals surface area (Å²) in [5.74, 6) is 0.694. The molecule has 0 N–H and O–H groups in total. The van der Waals surface area contributed by atoms with E-state index >= 15 is 0 Å². The summed E-state index contributed by atoms with van der Waals surface area (Å²) < 4.78 is 0. The van der Waals surface area contributed by atoms with Gasteiger partial charge in [-0.15, -0.1) is 9.24 Å². The highest BCUT2D eigenvalue weighted by atomic mass is 31.0. The Bertz CT molecular complexity index is 230. The van der Waals surface area contributed by atoms with Gasteiger partial charge in [0, 0.05) is 0 Å². The fraction of sp³-hybridized carbons (Fsp3) is 1.00. The molecule has 17 heavy (non-hydrogen) atoms. The molecule has 2 atom stereocenters. The van der Waals surface area contributed by atoms with Gasteiger partial charge in [-0.05, 0) is 27.3 Å². The Balaban J connectivity index is 5.81. The van der Waals surface area contributed by atoms with E-state index in [1.807, 2.05) is 0 Å². The molecule has 0 fully saturated rings. The maximum atomic E-state index is 3.25. The molecule has 0 aliphatic rings. The van der Waals surface area contributed by atoms with E-state index in [0.717, 1.165) is 0 Å². The molecule has 0 radical (unpaired) electrons. The molecular formula is C16H35P. The van der Waals surface area contributed by atoms with Gasteiger partial charge in [-0.3, -0.25) is 0 Å². The minimum Gasteiger partial charge on any atom is -0.130 e. The lowest BCUT2D eigenvalue weighted by Crippen LogP contribution is -2.56. The molecule has 0 amide bonds. The molecule has 0 aromatic carbocycles. The maximum Gasteiger partial charge on any atom is -0.00207 e. The monoisotopic (exact) mass is 258 g/mol. The summed E-state index contributed by atoms with van der Waals surface area (Å²) in [5, 5.41) is 0.243. The van der Waals surface area contributed by atoms with Crippen LogP contribution in [0.4, 0.5) is 0 Å². The van der Waals surface area contributed by atoms with Crippen LogP contribution in [0.5, 0.6) is 0 Å². The van der Waals surface area contributed by atoms with Gasteiger partial charge in [-0.1, -0.05) is 75.7 Å². The van der Waals surface area contributed by atoms with Crippen LogP contribution in [0.2, 0.25) is 0 Å². The Hall–Kier alpha value is 0.430. The van der Waals surface area contributed by atoms with Crippen LogP contribution in [0.3, 0.4) is 0 Å². The summed E-state index contributed by atoms with van der Waals surface area (Å²) in [6, 6.07) is 0. The van der Waals surface area contributed by atoms with Crippen LogP contribution in [0.1, 0.15) is 75.7 Å². The normalized spacial score (nSPS) is 17.1. The van der Waals surface area contributed by atoms with Crippen molar-refractivity contribution in [2.45, 2.75) is 80.8 Å². The summed E-state index contributed by atoms with van der Waals surface area (Å²) in [5.41, 5.74) is 0.908. The minimum absolute atomic E-state index is 0.243. The molecule has 0 saturated heterocycles. The van der Waals surface area contributed by atoms with Crippen molar-refractivity contribution in [2.75, 3.05) is 0 Å². The molecule has 0 spiro atoms. The summed E-state index contributed by atoms with van der Waals surface area (Å²) >= 11 is 0. The first kappa shape index (κ1) is 17.4. The van der Waals surface area contributed by atoms with Crippen LogP contribution in [0.15, 0.2) is 0 Å². The predicted octanol–water partition coefficient (Wildman–Crippen LogP) is 5.76. The molecule has 0 aliphatic heterocycles. The number of hydrogen-bond donors (Lipinski definition) is 0. The third-order valence-corrected chi connectivity index (χ3v) is 6.62. The van der Waals surface area contributed by atoms with Gasteiger partial charge in [-0.2, -0.15) is 0 Å². The summed E-state index contributed by atoms with van der Waals surface area (Å²) in [6.07, 6.45) is 1.24. The molecule has 0 aromatic heterocycles. The zero-order valence-corrected chi connectivity index (χ0v) is 15.0. The minimum atomic E-state index is 0.243. The van der Waals surface area contributed by atoms with Crippen molar-refractivity contribution in [3.8, 4) is 0 Å². The van der Waals surface area contributed by atoms with Gasteiger partial charge in [0.1, 0.15) is 0 Å². The molecular weight excluding hydrogens is 223 g/mol. The van der Waals surface area contributed by atoms with Crippen molar-refractivity contribution >= 4 is 9.24 Å². The van der Waals surface area contributed by atoms with E-state index in [0.29, 0.717) is 11.3 Å². The molecule has 1 heteroatoms. The van der Waals surface area contributed by atoms with Gasteiger partial charge in [0.25, 0.3) is 0 Å². The lowest BCUT2D eigenvalue weighted by atomic mass is 9.54. The number of rotatable bonds is 2. The highest BCUT2D eigenvalue weighted by Crippen LogP contribution is 2.60. The first-order chi connectivity index (χ1) is 7.19. The Morgan fingerprint density at radius 2 is 1.06 bits per heavy atom. The van der Waals surface area contributed by atoms with Crippen LogP contribution in [-0.4, -0.2) is 5.16 Å². The number of hydrogen-bond acceptors (Lipinski definition) is 0. The largest absolute Gasteiger partial charge is 0.130 e. The van der Waals surface area contributed by atoms with Crippen molar-refractivity contribution in [1.82, 2.24) is 0 Å². The summed E-state index contributed by atoms with van der Waals surface area (Å²) in [6.45, 7) is 23.8. The molecule has 2 unspecified atom stereocenters. The third-order valence-electron chi connectivity index (χ3n) is 4.49. The fourth-order valence-electron chi connectivity index (χ4n) is 3.79. The Morgan fingerprint density at radius 3 is 1.12 bits per heavy atom. The highest BCUT2D eigenvalue weighted by Gasteiger charge is 2.54. The zero-order chi connectivity index (χ0) is 14.3. The van der Waals surface area contributed by atoms with E-state index in [1.54, 1.807) is 0 Å². The lowest BCUT2D eigenvalue weighted by Gasteiger charge is -2.59. The smallest absolute Gasteiger partial charge is 0.00207 e. The standard InChI is InChI=1S/C16H35P/c1-11-12(13(2,3)4)16(17,14(5,6)7)15(8,9)10/h12H,11,17H2,1-10H3. The molecule has 0 nitrogen and oxygen atoms in total. The molecule has 0 aromatic rings. The van der Waals surface area contributed by atoms with Crippen molar-refractivity contribution in [3.63, 3.8) is 0 Å². The van der Waals surface area contributed by atoms with Gasteiger partial charge in [0.2, 0.25) is 0 Å². The average molecular weight is 258 g/mol. The summed E-state index contributed by atoms with van der Waals surface area (Å²) in [4.78, 5) is 0. The molecule has 0 bridgehead atoms. The van der Waals surface area contributed by atoms with Crippen molar-refractivity contribution < 1.29 is 0 Å². The van der Waals surface area contributed by atoms with Crippen LogP contribution in [0.25, 0.3) is 0 Å². The van der Waals surface area contributed by atoms with E-state index < -0.39 is 0 Å². The summed E-state index contributed by atoms with van der Waals surface area (Å²) in [7, 11) is 3.25. The Morgan fingerprint density at radius 1 is 0.765 bits per heavy atom. The van der Waals surface area contributed by atoms with E-state index in [2.05, 4.69) is 78.5 Å². The van der Waals surface area contributed by atoms with Crippen LogP contribution in [-0.2, 0) is 0 Å². The molecule has 0 aliphatic carbocycles. The van der Waals surface area contributed by atoms with Gasteiger partial charge in [0.15, 0.2) is 0 Å². The lowest BCUT2D eigenvalue weighted by molar-refractivity contribution is 0.0213. The van der Waals surface area contributed by atoms with Gasteiger partial charge >= 0.3 is 0 Å². The van der Waals surface area contributed by atoms with E-state index in [4.69, 9.17) is 0 Å². The van der Waals surface area contributed by atoms with E-state index in [-0.39, 0.29) is 16.0 Å². The molecule has 0 heterocycles. The molecule has 104 valence electrons. The fourth-order valence-corrected chi connectivity index (χ4v) is 4.52. The molecule has 0 saturated carbocycles. The second-order valence-electron chi connectivity index (χ2n) is 8.70. The SMILES string of the molecule is CCC(C(C)(C)C)C(P)(C(C)(C)C)C(C)(C)C. The first-order valence-electron chi connectivity index (χ1n) is 6.98. The van der Waals surface area contributed by atoms with Gasteiger partial charge in [0.05, 0.1) is 0 Å². The highest BCUT2D eigenvalue weighted by molar-refractivity contribution is 7.19. The topological polar surface area (TPSA) is 0 Å². The predicted molar refractivity (Wildman–Crippen MR) is 84.6 cm³/mol. The van der Waals surface area contributed by atoms with Crippen molar-refractivity contribution in [3.05, 3.63) is 0 Å². The first-order valence-corrected chi connectivity index (χ1v) is 7.56. The van der Waals surface area contributed by atoms with Crippen LogP contribution in [0, 0.1) is 22.2 Å². The van der Waals surface area contributed by atoms with Crippen molar-refractivity contribution in [2.24, 2.45) is 22.2 Å². The second-order valence-corrected chi connectivity index (χ2v) is 9.61. The Kier molecular flexibility index (Phi) is 4.96. The maximum absolute atomic E-state index is 3.25. The van der Waals surface area contributed by atoms with Gasteiger partial charge < -0.3 is 0 Å². The third kappa shape index (κ3) is 3.25. The quantitative estimate of drug-likeness (QED) is 0.552. The average Bonchev–Trinajstić information content (AvgIpc) is 1.97. The van der Waals surface area contributed by atoms with E-state index in [9.17, 15) is 0 Å². The Labute approximate surface area is 113 Å². The van der Waals surface area contributed by atoms with Gasteiger partial charge in [-0.25, -0.2) is 0 Å². The van der Waals surface area contributed by atoms with Crippen LogP contribution < -0.4 is 0 Å².